The van der Waals surface area contributed by atoms with Crippen molar-refractivity contribution in [2.45, 2.75) is 26.0 Å². The molecule has 1 amide bonds. The van der Waals surface area contributed by atoms with E-state index in [2.05, 4.69) is 12.2 Å². The van der Waals surface area contributed by atoms with Crippen LogP contribution in [0.15, 0.2) is 24.3 Å². The highest BCUT2D eigenvalue weighted by atomic mass is 32.2. The number of rotatable bonds is 5. The van der Waals surface area contributed by atoms with Crippen LogP contribution in [-0.4, -0.2) is 23.6 Å². The molecule has 0 aliphatic carbocycles. The van der Waals surface area contributed by atoms with Gasteiger partial charge < -0.3 is 10.1 Å². The number of amides is 1. The zero-order valence-electron chi connectivity index (χ0n) is 9.94. The Morgan fingerprint density at radius 1 is 1.35 bits per heavy atom. The van der Waals surface area contributed by atoms with Gasteiger partial charge in [0, 0.05) is 6.42 Å². The van der Waals surface area contributed by atoms with E-state index >= 15 is 0 Å². The van der Waals surface area contributed by atoms with E-state index in [9.17, 15) is 4.79 Å². The number of thioether (sulfide) groups is 1. The lowest BCUT2D eigenvalue weighted by Gasteiger charge is -2.26. The number of hydrogen-bond acceptors (Lipinski definition) is 3. The molecule has 1 aliphatic rings. The van der Waals surface area contributed by atoms with E-state index in [0.717, 1.165) is 17.9 Å². The normalized spacial score (nSPS) is 18.2. The molecule has 0 radical (unpaired) electrons. The first-order valence-electron chi connectivity index (χ1n) is 5.95. The Hall–Kier alpha value is -1.16. The van der Waals surface area contributed by atoms with Crippen molar-refractivity contribution in [2.24, 2.45) is 0 Å². The number of ether oxygens (including phenoxy) is 1. The number of nitrogens with one attached hydrogen (secondary N) is 1. The Balaban J connectivity index is 1.91. The third-order valence-corrected chi connectivity index (χ3v) is 3.79. The van der Waals surface area contributed by atoms with Gasteiger partial charge in [0.25, 0.3) is 5.91 Å². The van der Waals surface area contributed by atoms with E-state index in [0.29, 0.717) is 11.3 Å². The van der Waals surface area contributed by atoms with Crippen LogP contribution in [0, 0.1) is 0 Å². The molecule has 1 atom stereocenters. The first-order chi connectivity index (χ1) is 8.31. The van der Waals surface area contributed by atoms with E-state index < -0.39 is 0 Å². The molecule has 0 unspecified atom stereocenters. The fourth-order valence-corrected chi connectivity index (χ4v) is 2.61. The van der Waals surface area contributed by atoms with E-state index in [1.807, 2.05) is 30.0 Å². The smallest absolute Gasteiger partial charge is 0.257 e. The van der Waals surface area contributed by atoms with Gasteiger partial charge in [-0.2, -0.15) is 11.8 Å². The van der Waals surface area contributed by atoms with Gasteiger partial charge in [0.2, 0.25) is 0 Å². The summed E-state index contributed by atoms with van der Waals surface area (Å²) in [6, 6.07) is 7.37. The van der Waals surface area contributed by atoms with Crippen LogP contribution < -0.4 is 10.1 Å². The van der Waals surface area contributed by atoms with Gasteiger partial charge in [-0.3, -0.25) is 4.79 Å². The van der Waals surface area contributed by atoms with Crippen LogP contribution in [0.2, 0.25) is 0 Å². The molecule has 1 aliphatic heterocycles. The SMILES string of the molecule is CCCSCC[C@H]1NC(=O)c2ccccc2O1. The summed E-state index contributed by atoms with van der Waals surface area (Å²) in [6.07, 6.45) is 1.86. The van der Waals surface area contributed by atoms with Gasteiger partial charge in [-0.15, -0.1) is 0 Å². The quantitative estimate of drug-likeness (QED) is 0.818. The van der Waals surface area contributed by atoms with Gasteiger partial charge in [-0.1, -0.05) is 19.1 Å². The fraction of sp³-hybridized carbons (Fsp3) is 0.462. The molecule has 1 N–H and O–H groups in total. The van der Waals surface area contributed by atoms with Gasteiger partial charge in [0.05, 0.1) is 5.56 Å². The number of para-hydroxylation sites is 1. The summed E-state index contributed by atoms with van der Waals surface area (Å²) in [7, 11) is 0. The lowest BCUT2D eigenvalue weighted by Crippen LogP contribution is -2.43. The Kier molecular flexibility index (Phi) is 4.31. The average Bonchev–Trinajstić information content (AvgIpc) is 2.35. The van der Waals surface area contributed by atoms with Gasteiger partial charge in [0.1, 0.15) is 5.75 Å². The van der Waals surface area contributed by atoms with Crippen LogP contribution in [0.4, 0.5) is 0 Å². The summed E-state index contributed by atoms with van der Waals surface area (Å²) in [5.74, 6) is 2.84. The van der Waals surface area contributed by atoms with Crippen LogP contribution >= 0.6 is 11.8 Å². The number of benzene rings is 1. The Morgan fingerprint density at radius 2 is 2.18 bits per heavy atom. The summed E-state index contributed by atoms with van der Waals surface area (Å²) in [6.45, 7) is 2.17. The fourth-order valence-electron chi connectivity index (χ4n) is 1.73. The van der Waals surface area contributed by atoms with Crippen molar-refractivity contribution in [3.63, 3.8) is 0 Å². The minimum Gasteiger partial charge on any atom is -0.470 e. The van der Waals surface area contributed by atoms with Gasteiger partial charge in [-0.25, -0.2) is 0 Å². The second-order valence-corrected chi connectivity index (χ2v) is 5.20. The number of hydrogen-bond donors (Lipinski definition) is 1. The molecule has 0 fully saturated rings. The predicted molar refractivity (Wildman–Crippen MR) is 70.6 cm³/mol. The molecule has 0 spiro atoms. The number of carbonyl (C=O) groups is 1. The molecular weight excluding hydrogens is 234 g/mol. The second kappa shape index (κ2) is 5.96. The highest BCUT2D eigenvalue weighted by molar-refractivity contribution is 7.99. The maximum Gasteiger partial charge on any atom is 0.257 e. The van der Waals surface area contributed by atoms with Crippen molar-refractivity contribution in [2.75, 3.05) is 11.5 Å². The first kappa shape index (κ1) is 12.3. The van der Waals surface area contributed by atoms with Crippen molar-refractivity contribution in [3.05, 3.63) is 29.8 Å². The molecular formula is C13H17NO2S. The molecule has 1 aromatic rings. The molecule has 2 rings (SSSR count). The zero-order valence-corrected chi connectivity index (χ0v) is 10.8. The third-order valence-electron chi connectivity index (χ3n) is 2.57. The summed E-state index contributed by atoms with van der Waals surface area (Å²) in [5, 5.41) is 2.87. The van der Waals surface area contributed by atoms with Gasteiger partial charge in [0.15, 0.2) is 6.23 Å². The van der Waals surface area contributed by atoms with Crippen LogP contribution in [0.1, 0.15) is 30.1 Å². The largest absolute Gasteiger partial charge is 0.470 e. The summed E-state index contributed by atoms with van der Waals surface area (Å²) in [4.78, 5) is 11.8. The molecule has 0 saturated heterocycles. The van der Waals surface area contributed by atoms with Crippen molar-refractivity contribution in [1.82, 2.24) is 5.32 Å². The summed E-state index contributed by atoms with van der Waals surface area (Å²) >= 11 is 1.90. The topological polar surface area (TPSA) is 38.3 Å². The molecule has 17 heavy (non-hydrogen) atoms. The van der Waals surface area contributed by atoms with E-state index in [4.69, 9.17) is 4.74 Å². The third kappa shape index (κ3) is 3.16. The highest BCUT2D eigenvalue weighted by Crippen LogP contribution is 2.23. The van der Waals surface area contributed by atoms with E-state index in [1.54, 1.807) is 6.07 Å². The van der Waals surface area contributed by atoms with Crippen LogP contribution in [0.5, 0.6) is 5.75 Å². The monoisotopic (exact) mass is 251 g/mol. The molecule has 0 saturated carbocycles. The zero-order chi connectivity index (χ0) is 12.1. The second-order valence-electron chi connectivity index (χ2n) is 3.98. The molecule has 3 nitrogen and oxygen atoms in total. The van der Waals surface area contributed by atoms with Crippen molar-refractivity contribution in [3.8, 4) is 5.75 Å². The summed E-state index contributed by atoms with van der Waals surface area (Å²) < 4.78 is 5.74. The molecule has 1 aromatic carbocycles. The molecule has 1 heterocycles. The van der Waals surface area contributed by atoms with Crippen molar-refractivity contribution >= 4 is 17.7 Å². The van der Waals surface area contributed by atoms with Crippen LogP contribution in [0.25, 0.3) is 0 Å². The standard InChI is InChI=1S/C13H17NO2S/c1-2-8-17-9-7-12-14-13(15)10-5-3-4-6-11(10)16-12/h3-6,12H,2,7-9H2,1H3,(H,14,15)/t12-/m0/s1. The number of carbonyl (C=O) groups excluding carboxylic acids is 1. The van der Waals surface area contributed by atoms with Crippen LogP contribution in [0.3, 0.4) is 0 Å². The maximum absolute atomic E-state index is 11.8. The molecule has 0 bridgehead atoms. The maximum atomic E-state index is 11.8. The Morgan fingerprint density at radius 3 is 3.00 bits per heavy atom. The molecule has 4 heteroatoms. The van der Waals surface area contributed by atoms with Crippen LogP contribution in [-0.2, 0) is 0 Å². The predicted octanol–water partition coefficient (Wildman–Crippen LogP) is 2.67. The van der Waals surface area contributed by atoms with Gasteiger partial charge >= 0.3 is 0 Å². The van der Waals surface area contributed by atoms with Crippen molar-refractivity contribution < 1.29 is 9.53 Å². The Labute approximate surface area is 106 Å². The lowest BCUT2D eigenvalue weighted by atomic mass is 10.1. The summed E-state index contributed by atoms with van der Waals surface area (Å²) in [5.41, 5.74) is 0.630. The minimum absolute atomic E-state index is 0.0302. The minimum atomic E-state index is -0.179. The van der Waals surface area contributed by atoms with E-state index in [1.165, 1.54) is 6.42 Å². The van der Waals surface area contributed by atoms with Crippen molar-refractivity contribution in [1.29, 1.82) is 0 Å². The number of fused-ring (bicyclic) bond motifs is 1. The van der Waals surface area contributed by atoms with E-state index in [-0.39, 0.29) is 12.1 Å². The average molecular weight is 251 g/mol. The van der Waals surface area contributed by atoms with Gasteiger partial charge in [-0.05, 0) is 30.1 Å². The highest BCUT2D eigenvalue weighted by Gasteiger charge is 2.24. The molecule has 0 aromatic heterocycles. The first-order valence-corrected chi connectivity index (χ1v) is 7.11. The Bertz CT molecular complexity index is 395. The molecule has 92 valence electrons. The lowest BCUT2D eigenvalue weighted by molar-refractivity contribution is 0.0752.